The van der Waals surface area contributed by atoms with Gasteiger partial charge in [0.15, 0.2) is 12.2 Å². The van der Waals surface area contributed by atoms with E-state index in [4.69, 9.17) is 37.9 Å². The second-order valence-corrected chi connectivity index (χ2v) is 16.1. The molecule has 2 saturated heterocycles. The zero-order valence-corrected chi connectivity index (χ0v) is 32.9. The summed E-state index contributed by atoms with van der Waals surface area (Å²) in [5.41, 5.74) is 0. The number of carbonyl (C=O) groups excluding carboxylic acids is 5. The number of carbonyl (C=O) groups is 5. The number of hydrogen-bond acceptors (Lipinski definition) is 16. The Balaban J connectivity index is 2.76. The van der Waals surface area contributed by atoms with Gasteiger partial charge in [0.25, 0.3) is 5.79 Å². The van der Waals surface area contributed by atoms with Gasteiger partial charge in [-0.15, -0.1) is 0 Å². The summed E-state index contributed by atoms with van der Waals surface area (Å²) in [6.07, 6.45) is -11.0. The van der Waals surface area contributed by atoms with Gasteiger partial charge in [0, 0.05) is 32.1 Å². The van der Waals surface area contributed by atoms with Crippen LogP contribution >= 0.6 is 0 Å². The molecule has 2 aliphatic heterocycles. The van der Waals surface area contributed by atoms with E-state index in [-0.39, 0.29) is 61.7 Å². The predicted octanol–water partition coefficient (Wildman–Crippen LogP) is 2.94. The lowest BCUT2D eigenvalue weighted by Crippen LogP contribution is -2.62. The Morgan fingerprint density at radius 1 is 0.660 bits per heavy atom. The summed E-state index contributed by atoms with van der Waals surface area (Å²) in [6.45, 7) is 15.7. The molecule has 7 unspecified atom stereocenters. The molecule has 2 aliphatic rings. The van der Waals surface area contributed by atoms with Gasteiger partial charge in [-0.1, -0.05) is 69.2 Å². The molecule has 16 heteroatoms. The third-order valence-corrected chi connectivity index (χ3v) is 8.08. The quantitative estimate of drug-likeness (QED) is 0.0922. The molecule has 306 valence electrons. The van der Waals surface area contributed by atoms with Gasteiger partial charge in [-0.3, -0.25) is 24.0 Å². The third kappa shape index (κ3) is 14.7. The molecule has 7 atom stereocenters. The maximum absolute atomic E-state index is 13.4. The van der Waals surface area contributed by atoms with Crippen LogP contribution in [0.2, 0.25) is 0 Å². The maximum atomic E-state index is 13.4. The first-order chi connectivity index (χ1) is 24.6. The van der Waals surface area contributed by atoms with E-state index in [1.54, 1.807) is 55.4 Å². The Morgan fingerprint density at radius 2 is 1.11 bits per heavy atom. The smallest absolute Gasteiger partial charge is 0.309 e. The van der Waals surface area contributed by atoms with E-state index >= 15 is 0 Å². The first kappa shape index (κ1) is 46.3. The fraction of sp³-hybridized carbons (Fsp3) is 0.865. The molecule has 2 rings (SSSR count). The van der Waals surface area contributed by atoms with Crippen molar-refractivity contribution in [3.8, 4) is 0 Å². The molecule has 0 bridgehead atoms. The zero-order chi connectivity index (χ0) is 40.3. The molecule has 53 heavy (non-hydrogen) atoms. The summed E-state index contributed by atoms with van der Waals surface area (Å²) >= 11 is 0. The molecule has 0 aliphatic carbocycles. The predicted molar refractivity (Wildman–Crippen MR) is 185 cm³/mol. The zero-order valence-electron chi connectivity index (χ0n) is 32.9. The van der Waals surface area contributed by atoms with Crippen molar-refractivity contribution in [2.45, 2.75) is 156 Å². The summed E-state index contributed by atoms with van der Waals surface area (Å²) in [4.78, 5) is 65.3. The topological polar surface area (TPSA) is 220 Å². The van der Waals surface area contributed by atoms with Crippen LogP contribution in [0.15, 0.2) is 0 Å². The van der Waals surface area contributed by atoms with E-state index in [1.165, 1.54) is 0 Å². The summed E-state index contributed by atoms with van der Waals surface area (Å²) in [6, 6.07) is 0. The van der Waals surface area contributed by atoms with Gasteiger partial charge in [-0.2, -0.15) is 0 Å². The van der Waals surface area contributed by atoms with E-state index in [0.29, 0.717) is 0 Å². The fourth-order valence-electron chi connectivity index (χ4n) is 5.75. The Labute approximate surface area is 312 Å². The second kappa shape index (κ2) is 20.7. The van der Waals surface area contributed by atoms with Crippen LogP contribution in [0.25, 0.3) is 0 Å². The summed E-state index contributed by atoms with van der Waals surface area (Å²) in [7, 11) is 0. The van der Waals surface area contributed by atoms with Gasteiger partial charge in [-0.25, -0.2) is 0 Å². The molecule has 3 N–H and O–H groups in total. The summed E-state index contributed by atoms with van der Waals surface area (Å²) in [5.74, 6) is -8.95. The Morgan fingerprint density at radius 3 is 1.58 bits per heavy atom. The molecule has 2 heterocycles. The van der Waals surface area contributed by atoms with Crippen molar-refractivity contribution in [2.75, 3.05) is 19.8 Å². The van der Waals surface area contributed by atoms with Gasteiger partial charge >= 0.3 is 29.8 Å². The number of aliphatic hydroxyl groups is 3. The minimum atomic E-state index is -2.33. The summed E-state index contributed by atoms with van der Waals surface area (Å²) in [5, 5.41) is 31.8. The Kier molecular flexibility index (Phi) is 18.1. The highest BCUT2D eigenvalue weighted by molar-refractivity contribution is 5.73. The normalized spacial score (nSPS) is 27.0. The lowest BCUT2D eigenvalue weighted by molar-refractivity contribution is -0.372. The third-order valence-electron chi connectivity index (χ3n) is 8.08. The van der Waals surface area contributed by atoms with Crippen LogP contribution in [0.5, 0.6) is 0 Å². The van der Waals surface area contributed by atoms with Crippen LogP contribution in [0.3, 0.4) is 0 Å². The van der Waals surface area contributed by atoms with Crippen molar-refractivity contribution in [2.24, 2.45) is 29.6 Å². The van der Waals surface area contributed by atoms with E-state index in [1.807, 2.05) is 13.8 Å². The van der Waals surface area contributed by atoms with Gasteiger partial charge in [0.05, 0.1) is 13.0 Å². The monoisotopic (exact) mass is 762 g/mol. The van der Waals surface area contributed by atoms with Gasteiger partial charge in [-0.05, 0) is 29.6 Å². The van der Waals surface area contributed by atoms with Crippen LogP contribution in [-0.2, 0) is 61.9 Å². The molecule has 0 aromatic heterocycles. The number of rotatable bonds is 20. The molecular weight excluding hydrogens is 700 g/mol. The van der Waals surface area contributed by atoms with Crippen LogP contribution in [-0.4, -0.2) is 113 Å². The minimum Gasteiger partial charge on any atom is -0.463 e. The molecule has 0 spiro atoms. The van der Waals surface area contributed by atoms with E-state index < -0.39 is 104 Å². The van der Waals surface area contributed by atoms with Crippen molar-refractivity contribution in [1.29, 1.82) is 0 Å². The lowest BCUT2D eigenvalue weighted by Gasteiger charge is -2.44. The molecule has 16 nitrogen and oxygen atoms in total. The van der Waals surface area contributed by atoms with Crippen molar-refractivity contribution in [1.82, 2.24) is 0 Å². The highest BCUT2D eigenvalue weighted by atomic mass is 16.8. The van der Waals surface area contributed by atoms with E-state index in [0.717, 1.165) is 0 Å². The number of esters is 5. The number of aliphatic hydroxyl groups excluding tert-OH is 3. The standard InChI is InChI=1S/C37H62O16/c1-20(2)11-27(39)46-17-26-37(51-30(42)14-23(7)8,52-31(43)15-24(9)10)18-36(50-26,19-47-28(40)12-21(3)4)53-35-34(49-29(41)13-22(5)6)33(45)32(44)25(16-38)48-35/h20-26,32-35,38,44-45H,11-19H2,1-10H3. The van der Waals surface area contributed by atoms with Crippen molar-refractivity contribution in [3.63, 3.8) is 0 Å². The van der Waals surface area contributed by atoms with Crippen LogP contribution in [0.1, 0.15) is 108 Å². The van der Waals surface area contributed by atoms with Crippen molar-refractivity contribution in [3.05, 3.63) is 0 Å². The maximum Gasteiger partial charge on any atom is 0.309 e. The molecular formula is C37H62O16. The average molecular weight is 763 g/mol. The van der Waals surface area contributed by atoms with Gasteiger partial charge in [0.2, 0.25) is 12.1 Å². The number of ether oxygens (including phenoxy) is 8. The van der Waals surface area contributed by atoms with Crippen LogP contribution in [0, 0.1) is 29.6 Å². The highest BCUT2D eigenvalue weighted by Crippen LogP contribution is 2.46. The second-order valence-electron chi connectivity index (χ2n) is 16.1. The van der Waals surface area contributed by atoms with Gasteiger partial charge in [0.1, 0.15) is 31.5 Å². The highest BCUT2D eigenvalue weighted by Gasteiger charge is 2.65. The first-order valence-corrected chi connectivity index (χ1v) is 18.5. The molecule has 0 aromatic carbocycles. The van der Waals surface area contributed by atoms with E-state index in [9.17, 15) is 39.3 Å². The van der Waals surface area contributed by atoms with Crippen molar-refractivity contribution < 1.29 is 77.2 Å². The molecule has 0 saturated carbocycles. The summed E-state index contributed by atoms with van der Waals surface area (Å²) < 4.78 is 47.1. The van der Waals surface area contributed by atoms with Crippen LogP contribution in [0.4, 0.5) is 0 Å². The van der Waals surface area contributed by atoms with Crippen LogP contribution < -0.4 is 0 Å². The minimum absolute atomic E-state index is 0.0168. The van der Waals surface area contributed by atoms with Crippen molar-refractivity contribution >= 4 is 29.8 Å². The fourth-order valence-corrected chi connectivity index (χ4v) is 5.75. The molecule has 0 amide bonds. The number of hydrogen-bond donors (Lipinski definition) is 3. The molecule has 0 radical (unpaired) electrons. The first-order valence-electron chi connectivity index (χ1n) is 18.5. The molecule has 2 fully saturated rings. The Bertz CT molecular complexity index is 1190. The average Bonchev–Trinajstić information content (AvgIpc) is 3.28. The molecule has 0 aromatic rings. The van der Waals surface area contributed by atoms with Gasteiger partial charge < -0.3 is 53.2 Å². The SMILES string of the molecule is CC(C)CC(=O)OCC1OC(COC(=O)CC(C)C)(OC2OC(CO)C(O)C(O)C2OC(=O)CC(C)C)CC1(OC(=O)CC(C)C)OC(=O)CC(C)C. The van der Waals surface area contributed by atoms with E-state index in [2.05, 4.69) is 0 Å². The largest absolute Gasteiger partial charge is 0.463 e. The lowest BCUT2D eigenvalue weighted by atomic mass is 9.98. The Hall–Kier alpha value is -2.89.